The Morgan fingerprint density at radius 2 is 1.76 bits per heavy atom. The molecule has 2 rings (SSSR count). The minimum Gasteiger partial charge on any atom is -0.507 e. The summed E-state index contributed by atoms with van der Waals surface area (Å²) < 4.78 is 33.4. The topological polar surface area (TPSA) is 111 Å². The first-order valence-electron chi connectivity index (χ1n) is 7.72. The average molecular weight is 366 g/mol. The lowest BCUT2D eigenvalue weighted by Gasteiger charge is -2.09. The van der Waals surface area contributed by atoms with Crippen LogP contribution in [-0.2, 0) is 16.4 Å². The molecule has 0 amide bonds. The van der Waals surface area contributed by atoms with Gasteiger partial charge in [0.05, 0.1) is 7.11 Å². The molecule has 0 saturated heterocycles. The summed E-state index contributed by atoms with van der Waals surface area (Å²) in [5.41, 5.74) is 0.769. The zero-order valence-electron chi connectivity index (χ0n) is 13.9. The molecular formula is C17H22N2O5S. The number of phenols is 1. The predicted molar refractivity (Wildman–Crippen MR) is 94.5 cm³/mol. The second kappa shape index (κ2) is 8.70. The molecule has 0 saturated carbocycles. The van der Waals surface area contributed by atoms with Gasteiger partial charge in [0, 0.05) is 6.54 Å². The van der Waals surface area contributed by atoms with E-state index in [1.165, 1.54) is 12.1 Å². The van der Waals surface area contributed by atoms with Gasteiger partial charge in [-0.15, -0.1) is 0 Å². The van der Waals surface area contributed by atoms with E-state index in [2.05, 4.69) is 5.32 Å². The Morgan fingerprint density at radius 3 is 2.40 bits per heavy atom. The quantitative estimate of drug-likeness (QED) is 0.576. The molecule has 0 radical (unpaired) electrons. The monoisotopic (exact) mass is 366 g/mol. The number of hydrogen-bond donors (Lipinski definition) is 3. The summed E-state index contributed by atoms with van der Waals surface area (Å²) in [6.45, 7) is 1.79. The number of rotatable bonds is 9. The van der Waals surface area contributed by atoms with Gasteiger partial charge in [-0.25, -0.2) is 13.6 Å². The third-order valence-corrected chi connectivity index (χ3v) is 4.47. The number of hydrogen-bond acceptors (Lipinski definition) is 6. The van der Waals surface area contributed by atoms with Crippen LogP contribution in [-0.4, -0.2) is 40.3 Å². The van der Waals surface area contributed by atoms with Gasteiger partial charge in [0.25, 0.3) is 0 Å². The van der Waals surface area contributed by atoms with E-state index in [9.17, 15) is 13.5 Å². The number of sulfonamides is 1. The number of methoxy groups -OCH3 is 1. The second-order valence-electron chi connectivity index (χ2n) is 5.37. The van der Waals surface area contributed by atoms with Crippen LogP contribution in [0.2, 0.25) is 0 Å². The highest BCUT2D eigenvalue weighted by Crippen LogP contribution is 2.22. The van der Waals surface area contributed by atoms with Crippen molar-refractivity contribution in [3.05, 3.63) is 48.0 Å². The Hall–Kier alpha value is -2.29. The molecule has 8 heteroatoms. The minimum absolute atomic E-state index is 0.257. The van der Waals surface area contributed by atoms with Gasteiger partial charge >= 0.3 is 0 Å². The molecule has 0 unspecified atom stereocenters. The average Bonchev–Trinajstić information content (AvgIpc) is 2.59. The van der Waals surface area contributed by atoms with Crippen LogP contribution in [0.1, 0.15) is 5.56 Å². The van der Waals surface area contributed by atoms with Crippen molar-refractivity contribution in [1.82, 2.24) is 5.32 Å². The smallest absolute Gasteiger partial charge is 0.241 e. The number of benzene rings is 2. The van der Waals surface area contributed by atoms with Crippen LogP contribution in [0.3, 0.4) is 0 Å². The Bertz CT molecular complexity index is 791. The molecule has 0 aliphatic carbocycles. The van der Waals surface area contributed by atoms with Gasteiger partial charge in [-0.2, -0.15) is 0 Å². The minimum atomic E-state index is -3.93. The fourth-order valence-corrected chi connectivity index (χ4v) is 2.89. The number of nitrogens with one attached hydrogen (secondary N) is 1. The van der Waals surface area contributed by atoms with E-state index in [1.807, 2.05) is 24.3 Å². The van der Waals surface area contributed by atoms with E-state index in [1.54, 1.807) is 13.2 Å². The highest BCUT2D eigenvalue weighted by atomic mass is 32.2. The molecule has 0 atom stereocenters. The first-order chi connectivity index (χ1) is 11.9. The molecule has 25 heavy (non-hydrogen) atoms. The summed E-state index contributed by atoms with van der Waals surface area (Å²) in [4.78, 5) is -0.257. The van der Waals surface area contributed by atoms with Crippen molar-refractivity contribution in [3.63, 3.8) is 0 Å². The maximum Gasteiger partial charge on any atom is 0.241 e. The molecule has 0 aromatic heterocycles. The van der Waals surface area contributed by atoms with Crippen LogP contribution < -0.4 is 19.9 Å². The molecule has 2 aromatic carbocycles. The van der Waals surface area contributed by atoms with Gasteiger partial charge in [0.1, 0.15) is 28.8 Å². The van der Waals surface area contributed by atoms with Gasteiger partial charge in [-0.3, -0.25) is 0 Å². The summed E-state index contributed by atoms with van der Waals surface area (Å²) in [6, 6.07) is 11.7. The molecule has 0 aliphatic rings. The van der Waals surface area contributed by atoms with E-state index in [4.69, 9.17) is 14.6 Å². The Balaban J connectivity index is 1.72. The predicted octanol–water partition coefficient (Wildman–Crippen LogP) is 1.26. The molecule has 0 fully saturated rings. The SMILES string of the molecule is COc1ccc(OCCNCCc2ccc(O)c(S(N)(=O)=O)c2)cc1. The Kier molecular flexibility index (Phi) is 6.63. The highest BCUT2D eigenvalue weighted by Gasteiger charge is 2.14. The summed E-state index contributed by atoms with van der Waals surface area (Å²) in [6.07, 6.45) is 0.603. The Morgan fingerprint density at radius 1 is 1.08 bits per heavy atom. The van der Waals surface area contributed by atoms with Crippen LogP contribution in [0.5, 0.6) is 17.2 Å². The van der Waals surface area contributed by atoms with Crippen LogP contribution in [0.15, 0.2) is 47.4 Å². The summed E-state index contributed by atoms with van der Waals surface area (Å²) >= 11 is 0. The largest absolute Gasteiger partial charge is 0.507 e. The third-order valence-electron chi connectivity index (χ3n) is 3.53. The van der Waals surface area contributed by atoms with Crippen molar-refractivity contribution in [2.45, 2.75) is 11.3 Å². The van der Waals surface area contributed by atoms with E-state index in [0.717, 1.165) is 17.1 Å². The number of nitrogens with two attached hydrogens (primary N) is 1. The lowest BCUT2D eigenvalue weighted by atomic mass is 10.1. The highest BCUT2D eigenvalue weighted by molar-refractivity contribution is 7.89. The molecule has 136 valence electrons. The zero-order chi connectivity index (χ0) is 18.3. The van der Waals surface area contributed by atoms with Gasteiger partial charge in [-0.1, -0.05) is 6.07 Å². The standard InChI is InChI=1S/C17H22N2O5S/c1-23-14-3-5-15(6-4-14)24-11-10-19-9-8-13-2-7-16(20)17(12-13)25(18,21)22/h2-7,12,19-20H,8-11H2,1H3,(H2,18,21,22). The first-order valence-corrected chi connectivity index (χ1v) is 9.27. The van der Waals surface area contributed by atoms with Gasteiger partial charge in [0.15, 0.2) is 0 Å². The fraction of sp³-hybridized carbons (Fsp3) is 0.294. The molecular weight excluding hydrogens is 344 g/mol. The van der Waals surface area contributed by atoms with Crippen molar-refractivity contribution in [3.8, 4) is 17.2 Å². The summed E-state index contributed by atoms with van der Waals surface area (Å²) in [5.74, 6) is 1.20. The van der Waals surface area contributed by atoms with Crippen molar-refractivity contribution in [2.24, 2.45) is 5.14 Å². The number of ether oxygens (including phenoxy) is 2. The zero-order valence-corrected chi connectivity index (χ0v) is 14.8. The summed E-state index contributed by atoms with van der Waals surface area (Å²) in [5, 5.41) is 17.8. The lowest BCUT2D eigenvalue weighted by Crippen LogP contribution is -2.23. The van der Waals surface area contributed by atoms with E-state index in [0.29, 0.717) is 26.1 Å². The van der Waals surface area contributed by atoms with Gasteiger partial charge < -0.3 is 19.9 Å². The van der Waals surface area contributed by atoms with Gasteiger partial charge in [-0.05, 0) is 54.9 Å². The molecule has 0 heterocycles. The van der Waals surface area contributed by atoms with Crippen molar-refractivity contribution in [1.29, 1.82) is 0 Å². The number of phenolic OH excluding ortho intramolecular Hbond substituents is 1. The van der Waals surface area contributed by atoms with Gasteiger partial charge in [0.2, 0.25) is 10.0 Å². The maximum absolute atomic E-state index is 11.4. The molecule has 4 N–H and O–H groups in total. The summed E-state index contributed by atoms with van der Waals surface area (Å²) in [7, 11) is -2.32. The maximum atomic E-state index is 11.4. The van der Waals surface area contributed by atoms with Crippen LogP contribution >= 0.6 is 0 Å². The number of aromatic hydroxyl groups is 1. The van der Waals surface area contributed by atoms with E-state index in [-0.39, 0.29) is 10.6 Å². The molecule has 0 spiro atoms. The lowest BCUT2D eigenvalue weighted by molar-refractivity contribution is 0.313. The van der Waals surface area contributed by atoms with Crippen molar-refractivity contribution < 1.29 is 23.0 Å². The van der Waals surface area contributed by atoms with Crippen LogP contribution in [0.4, 0.5) is 0 Å². The van der Waals surface area contributed by atoms with Crippen LogP contribution in [0, 0.1) is 0 Å². The Labute approximate surface area is 147 Å². The molecule has 0 aliphatic heterocycles. The number of primary sulfonamides is 1. The van der Waals surface area contributed by atoms with Crippen LogP contribution in [0.25, 0.3) is 0 Å². The normalized spacial score (nSPS) is 11.3. The molecule has 0 bridgehead atoms. The third kappa shape index (κ3) is 5.93. The molecule has 2 aromatic rings. The molecule has 7 nitrogen and oxygen atoms in total. The van der Waals surface area contributed by atoms with E-state index < -0.39 is 10.0 Å². The second-order valence-corrected chi connectivity index (χ2v) is 6.90. The fourth-order valence-electron chi connectivity index (χ4n) is 2.21. The van der Waals surface area contributed by atoms with Crippen molar-refractivity contribution in [2.75, 3.05) is 26.8 Å². The van der Waals surface area contributed by atoms with Crippen molar-refractivity contribution >= 4 is 10.0 Å². The first kappa shape index (κ1) is 19.0. The van der Waals surface area contributed by atoms with E-state index >= 15 is 0 Å².